The fourth-order valence-corrected chi connectivity index (χ4v) is 2.08. The first-order chi connectivity index (χ1) is 11.3. The largest absolute Gasteiger partial charge is 0.443 e. The number of amides is 1. The number of nitrogens with zero attached hydrogens (tertiary/aromatic N) is 2. The number of ether oxygens (including phenoxy) is 1. The number of pyridine rings is 1. The van der Waals surface area contributed by atoms with E-state index in [-0.39, 0.29) is 6.54 Å². The molecule has 0 aliphatic carbocycles. The van der Waals surface area contributed by atoms with E-state index in [1.165, 1.54) is 11.1 Å². The predicted molar refractivity (Wildman–Crippen MR) is 93.5 cm³/mol. The van der Waals surface area contributed by atoms with Crippen LogP contribution in [0.5, 0.6) is 0 Å². The van der Waals surface area contributed by atoms with Crippen molar-refractivity contribution in [3.05, 3.63) is 58.7 Å². The van der Waals surface area contributed by atoms with Gasteiger partial charge >= 0.3 is 6.09 Å². The Balaban J connectivity index is 2.30. The first kappa shape index (κ1) is 17.9. The van der Waals surface area contributed by atoms with Crippen LogP contribution in [-0.4, -0.2) is 23.0 Å². The number of aromatic nitrogens is 1. The first-order valence-corrected chi connectivity index (χ1v) is 7.82. The SMILES string of the molecule is CC(C)(C)OC(=O)N(Cc1ccc(Cl)cc1)c1ccc(C=O)cn1. The highest BCUT2D eigenvalue weighted by Crippen LogP contribution is 2.20. The Morgan fingerprint density at radius 1 is 1.21 bits per heavy atom. The van der Waals surface area contributed by atoms with Crippen LogP contribution in [0, 0.1) is 0 Å². The van der Waals surface area contributed by atoms with Crippen LogP contribution in [0.1, 0.15) is 36.7 Å². The quantitative estimate of drug-likeness (QED) is 0.765. The van der Waals surface area contributed by atoms with Crippen molar-refractivity contribution in [2.75, 3.05) is 4.90 Å². The number of anilines is 1. The third-order valence-electron chi connectivity index (χ3n) is 3.05. The lowest BCUT2D eigenvalue weighted by Gasteiger charge is -2.27. The summed E-state index contributed by atoms with van der Waals surface area (Å²) in [5, 5.41) is 0.621. The molecule has 0 bridgehead atoms. The molecule has 0 aliphatic rings. The third-order valence-corrected chi connectivity index (χ3v) is 3.30. The molecule has 126 valence electrons. The molecule has 1 amide bonds. The summed E-state index contributed by atoms with van der Waals surface area (Å²) in [7, 11) is 0. The molecule has 0 radical (unpaired) electrons. The third kappa shape index (κ3) is 5.06. The van der Waals surface area contributed by atoms with E-state index < -0.39 is 11.7 Å². The van der Waals surface area contributed by atoms with Crippen molar-refractivity contribution < 1.29 is 14.3 Å². The van der Waals surface area contributed by atoms with Gasteiger partial charge in [0.1, 0.15) is 11.4 Å². The van der Waals surface area contributed by atoms with Gasteiger partial charge in [-0.25, -0.2) is 9.78 Å². The van der Waals surface area contributed by atoms with Crippen molar-refractivity contribution in [2.24, 2.45) is 0 Å². The Hall–Kier alpha value is -2.40. The summed E-state index contributed by atoms with van der Waals surface area (Å²) in [5.41, 5.74) is 0.693. The van der Waals surface area contributed by atoms with E-state index in [0.29, 0.717) is 22.7 Å². The molecule has 2 aromatic rings. The number of halogens is 1. The smallest absolute Gasteiger partial charge is 0.416 e. The standard InChI is InChI=1S/C18H19ClN2O3/c1-18(2,3)24-17(23)21(11-13-4-7-15(19)8-5-13)16-9-6-14(12-22)10-20-16/h4-10,12H,11H2,1-3H3. The second kappa shape index (κ2) is 7.45. The fourth-order valence-electron chi connectivity index (χ4n) is 1.96. The molecule has 0 saturated carbocycles. The van der Waals surface area contributed by atoms with Gasteiger partial charge in [-0.1, -0.05) is 23.7 Å². The zero-order valence-electron chi connectivity index (χ0n) is 13.8. The van der Waals surface area contributed by atoms with Crippen molar-refractivity contribution in [1.82, 2.24) is 4.98 Å². The molecule has 1 aromatic carbocycles. The van der Waals surface area contributed by atoms with Gasteiger partial charge in [-0.3, -0.25) is 9.69 Å². The molecule has 0 unspecified atom stereocenters. The van der Waals surface area contributed by atoms with Crippen molar-refractivity contribution in [2.45, 2.75) is 32.9 Å². The van der Waals surface area contributed by atoms with E-state index >= 15 is 0 Å². The minimum atomic E-state index is -0.627. The first-order valence-electron chi connectivity index (χ1n) is 7.45. The monoisotopic (exact) mass is 346 g/mol. The number of aldehydes is 1. The van der Waals surface area contributed by atoms with Crippen LogP contribution in [0.15, 0.2) is 42.6 Å². The highest BCUT2D eigenvalue weighted by atomic mass is 35.5. The molecule has 0 spiro atoms. The summed E-state index contributed by atoms with van der Waals surface area (Å²) >= 11 is 5.90. The molecule has 6 heteroatoms. The number of hydrogen-bond donors (Lipinski definition) is 0. The van der Waals surface area contributed by atoms with Crippen LogP contribution >= 0.6 is 11.6 Å². The normalized spacial score (nSPS) is 11.0. The fraction of sp³-hybridized carbons (Fsp3) is 0.278. The summed E-state index contributed by atoms with van der Waals surface area (Å²) in [6, 6.07) is 10.4. The zero-order valence-corrected chi connectivity index (χ0v) is 14.6. The maximum atomic E-state index is 12.6. The van der Waals surface area contributed by atoms with E-state index in [4.69, 9.17) is 16.3 Å². The van der Waals surface area contributed by atoms with Crippen molar-refractivity contribution >= 4 is 29.8 Å². The van der Waals surface area contributed by atoms with E-state index in [2.05, 4.69) is 4.98 Å². The molecule has 0 fully saturated rings. The molecule has 1 aromatic heterocycles. The number of benzene rings is 1. The van der Waals surface area contributed by atoms with Crippen LogP contribution in [0.25, 0.3) is 0 Å². The number of carbonyl (C=O) groups is 2. The number of carbonyl (C=O) groups excluding carboxylic acids is 2. The van der Waals surface area contributed by atoms with E-state index in [1.54, 1.807) is 45.0 Å². The molecule has 2 rings (SSSR count). The molecule has 1 heterocycles. The van der Waals surface area contributed by atoms with Crippen LogP contribution in [-0.2, 0) is 11.3 Å². The average molecular weight is 347 g/mol. The highest BCUT2D eigenvalue weighted by molar-refractivity contribution is 6.30. The molecule has 0 saturated heterocycles. The Kier molecular flexibility index (Phi) is 5.57. The molecule has 24 heavy (non-hydrogen) atoms. The second-order valence-corrected chi connectivity index (χ2v) is 6.70. The molecule has 5 nitrogen and oxygen atoms in total. The maximum absolute atomic E-state index is 12.6. The summed E-state index contributed by atoms with van der Waals surface area (Å²) in [6.07, 6.45) is 1.61. The van der Waals surface area contributed by atoms with Gasteiger partial charge in [0.2, 0.25) is 0 Å². The van der Waals surface area contributed by atoms with Gasteiger partial charge in [-0.15, -0.1) is 0 Å². The number of rotatable bonds is 4. The van der Waals surface area contributed by atoms with E-state index in [1.807, 2.05) is 12.1 Å². The zero-order chi connectivity index (χ0) is 17.7. The average Bonchev–Trinajstić information content (AvgIpc) is 2.53. The molecular weight excluding hydrogens is 328 g/mol. The van der Waals surface area contributed by atoms with Crippen molar-refractivity contribution in [1.29, 1.82) is 0 Å². The minimum Gasteiger partial charge on any atom is -0.443 e. The van der Waals surface area contributed by atoms with E-state index in [9.17, 15) is 9.59 Å². The summed E-state index contributed by atoms with van der Waals surface area (Å²) < 4.78 is 5.46. The van der Waals surface area contributed by atoms with Crippen LogP contribution in [0.4, 0.5) is 10.6 Å². The van der Waals surface area contributed by atoms with Gasteiger partial charge in [-0.2, -0.15) is 0 Å². The highest BCUT2D eigenvalue weighted by Gasteiger charge is 2.24. The van der Waals surface area contributed by atoms with Gasteiger partial charge < -0.3 is 4.74 Å². The van der Waals surface area contributed by atoms with Crippen molar-refractivity contribution in [3.8, 4) is 0 Å². The maximum Gasteiger partial charge on any atom is 0.416 e. The topological polar surface area (TPSA) is 59.5 Å². The van der Waals surface area contributed by atoms with Gasteiger partial charge in [-0.05, 0) is 50.6 Å². The predicted octanol–water partition coefficient (Wildman–Crippen LogP) is 4.49. The minimum absolute atomic E-state index is 0.277. The molecule has 0 aliphatic heterocycles. The molecular formula is C18H19ClN2O3. The van der Waals surface area contributed by atoms with E-state index in [0.717, 1.165) is 5.56 Å². The summed E-state index contributed by atoms with van der Waals surface area (Å²) in [5.74, 6) is 0.407. The van der Waals surface area contributed by atoms with Crippen LogP contribution in [0.2, 0.25) is 5.02 Å². The Labute approximate surface area is 146 Å². The summed E-state index contributed by atoms with van der Waals surface area (Å²) in [6.45, 7) is 5.68. The Morgan fingerprint density at radius 3 is 2.38 bits per heavy atom. The number of hydrogen-bond acceptors (Lipinski definition) is 4. The lowest BCUT2D eigenvalue weighted by atomic mass is 10.2. The van der Waals surface area contributed by atoms with Gasteiger partial charge in [0.25, 0.3) is 0 Å². The van der Waals surface area contributed by atoms with Gasteiger partial charge in [0.05, 0.1) is 6.54 Å². The molecule has 0 atom stereocenters. The summed E-state index contributed by atoms with van der Waals surface area (Å²) in [4.78, 5) is 28.9. The second-order valence-electron chi connectivity index (χ2n) is 6.26. The lowest BCUT2D eigenvalue weighted by Crippen LogP contribution is -2.37. The Bertz CT molecular complexity index is 707. The van der Waals surface area contributed by atoms with Crippen LogP contribution < -0.4 is 4.90 Å². The van der Waals surface area contributed by atoms with Gasteiger partial charge in [0, 0.05) is 16.8 Å². The lowest BCUT2D eigenvalue weighted by molar-refractivity contribution is 0.0576. The van der Waals surface area contributed by atoms with Crippen molar-refractivity contribution in [3.63, 3.8) is 0 Å². The molecule has 0 N–H and O–H groups in total. The van der Waals surface area contributed by atoms with Gasteiger partial charge in [0.15, 0.2) is 6.29 Å². The Morgan fingerprint density at radius 2 is 1.88 bits per heavy atom. The van der Waals surface area contributed by atoms with Crippen LogP contribution in [0.3, 0.4) is 0 Å².